The average Bonchev–Trinajstić information content (AvgIpc) is 3.49. The Morgan fingerprint density at radius 3 is 2.61 bits per heavy atom. The molecule has 0 amide bonds. The number of fused-ring (bicyclic) bond motifs is 1. The van der Waals surface area contributed by atoms with Crippen LogP contribution in [-0.4, -0.2) is 30.3 Å². The smallest absolute Gasteiger partial charge is 0.136 e. The molecule has 1 aliphatic rings. The lowest BCUT2D eigenvalue weighted by molar-refractivity contribution is -0.125. The van der Waals surface area contributed by atoms with Crippen molar-refractivity contribution in [3.05, 3.63) is 76.4 Å². The van der Waals surface area contributed by atoms with Crippen LogP contribution in [0.5, 0.6) is 0 Å². The van der Waals surface area contributed by atoms with E-state index < -0.39 is 5.41 Å². The van der Waals surface area contributed by atoms with Crippen molar-refractivity contribution in [3.63, 3.8) is 0 Å². The quantitative estimate of drug-likeness (QED) is 0.264. The van der Waals surface area contributed by atoms with E-state index >= 15 is 0 Å². The van der Waals surface area contributed by atoms with E-state index in [9.17, 15) is 4.79 Å². The Kier molecular flexibility index (Phi) is 7.26. The zero-order chi connectivity index (χ0) is 27.0. The van der Waals surface area contributed by atoms with Crippen LogP contribution in [0, 0.1) is 25.2 Å². The lowest BCUT2D eigenvalue weighted by Gasteiger charge is -2.34. The molecule has 0 bridgehead atoms. The Hall–Kier alpha value is -3.28. The van der Waals surface area contributed by atoms with Crippen molar-refractivity contribution < 1.29 is 4.79 Å². The number of carbonyl (C=O) groups excluding carboxylic acids is 1. The molecule has 1 fully saturated rings. The Balaban J connectivity index is 1.53. The van der Waals surface area contributed by atoms with Crippen LogP contribution in [0.1, 0.15) is 92.4 Å². The number of Topliss-reactive ketones (excluding diaryl/α,β-unsaturated/α-hetero) is 1. The van der Waals surface area contributed by atoms with Gasteiger partial charge in [-0.25, -0.2) is 9.67 Å². The van der Waals surface area contributed by atoms with E-state index in [1.54, 1.807) is 11.6 Å². The van der Waals surface area contributed by atoms with Crippen molar-refractivity contribution in [2.75, 3.05) is 0 Å². The molecule has 0 aliphatic heterocycles. The Morgan fingerprint density at radius 1 is 1.11 bits per heavy atom. The monoisotopic (exact) mass is 511 g/mol. The van der Waals surface area contributed by atoms with Crippen molar-refractivity contribution >= 4 is 16.8 Å². The van der Waals surface area contributed by atoms with E-state index in [2.05, 4.69) is 79.1 Å². The van der Waals surface area contributed by atoms with Crippen LogP contribution in [0.4, 0.5) is 0 Å². The van der Waals surface area contributed by atoms with Crippen molar-refractivity contribution in [3.8, 4) is 0 Å². The summed E-state index contributed by atoms with van der Waals surface area (Å²) in [6.07, 6.45) is 11.8. The summed E-state index contributed by atoms with van der Waals surface area (Å²) in [7, 11) is 1.91. The van der Waals surface area contributed by atoms with Crippen molar-refractivity contribution in [2.24, 2.45) is 18.4 Å². The third-order valence-corrected chi connectivity index (χ3v) is 9.06. The van der Waals surface area contributed by atoms with Crippen LogP contribution < -0.4 is 0 Å². The summed E-state index contributed by atoms with van der Waals surface area (Å²) >= 11 is 0. The second-order valence-electron chi connectivity index (χ2n) is 11.9. The van der Waals surface area contributed by atoms with Crippen LogP contribution in [0.25, 0.3) is 11.0 Å². The van der Waals surface area contributed by atoms with Gasteiger partial charge in [0.25, 0.3) is 0 Å². The number of ketones is 1. The van der Waals surface area contributed by atoms with Crippen LogP contribution in [0.3, 0.4) is 0 Å². The Morgan fingerprint density at radius 2 is 1.87 bits per heavy atom. The number of benzene rings is 2. The van der Waals surface area contributed by atoms with Crippen molar-refractivity contribution in [1.82, 2.24) is 24.5 Å². The fourth-order valence-electron chi connectivity index (χ4n) is 6.30. The molecular weight excluding hydrogens is 470 g/mol. The maximum absolute atomic E-state index is 13.0. The molecule has 0 spiro atoms. The minimum absolute atomic E-state index is 0.102. The molecule has 4 aromatic rings. The zero-order valence-electron chi connectivity index (χ0n) is 23.8. The van der Waals surface area contributed by atoms with E-state index in [0.717, 1.165) is 46.6 Å². The van der Waals surface area contributed by atoms with Gasteiger partial charge in [-0.05, 0) is 60.6 Å². The predicted molar refractivity (Wildman–Crippen MR) is 152 cm³/mol. The third-order valence-electron chi connectivity index (χ3n) is 9.06. The molecule has 1 saturated carbocycles. The molecule has 2 heterocycles. The van der Waals surface area contributed by atoms with Crippen molar-refractivity contribution in [1.29, 1.82) is 0 Å². The SMILES string of the molecule is CC(=O)C(C)(C)C(c1ccc(C)c(Cn2ccnc2CC2CCCCC2)c1)c1ccc2c(nnn2C)c1C. The summed E-state index contributed by atoms with van der Waals surface area (Å²) in [5.74, 6) is 2.01. The van der Waals surface area contributed by atoms with Gasteiger partial charge in [0.1, 0.15) is 17.1 Å². The van der Waals surface area contributed by atoms with E-state index in [1.807, 2.05) is 13.2 Å². The van der Waals surface area contributed by atoms with Crippen molar-refractivity contribution in [2.45, 2.75) is 85.6 Å². The van der Waals surface area contributed by atoms with Gasteiger partial charge in [0.2, 0.25) is 0 Å². The molecule has 200 valence electrons. The largest absolute Gasteiger partial charge is 0.330 e. The minimum atomic E-state index is -0.589. The van der Waals surface area contributed by atoms with Gasteiger partial charge in [0.05, 0.1) is 5.52 Å². The van der Waals surface area contributed by atoms with E-state index in [0.29, 0.717) is 0 Å². The van der Waals surface area contributed by atoms with E-state index in [4.69, 9.17) is 4.98 Å². The minimum Gasteiger partial charge on any atom is -0.330 e. The summed E-state index contributed by atoms with van der Waals surface area (Å²) < 4.78 is 4.12. The normalized spacial score (nSPS) is 15.7. The second kappa shape index (κ2) is 10.5. The summed E-state index contributed by atoms with van der Waals surface area (Å²) in [5, 5.41) is 8.67. The van der Waals surface area contributed by atoms with Gasteiger partial charge >= 0.3 is 0 Å². The number of hydrogen-bond donors (Lipinski definition) is 0. The molecule has 1 aliphatic carbocycles. The molecule has 1 atom stereocenters. The number of aryl methyl sites for hydroxylation is 3. The topological polar surface area (TPSA) is 65.6 Å². The first kappa shape index (κ1) is 26.3. The first-order chi connectivity index (χ1) is 18.2. The summed E-state index contributed by atoms with van der Waals surface area (Å²) in [6.45, 7) is 10.9. The average molecular weight is 512 g/mol. The van der Waals surface area contributed by atoms with E-state index in [1.165, 1.54) is 49.1 Å². The molecule has 6 nitrogen and oxygen atoms in total. The highest BCUT2D eigenvalue weighted by Crippen LogP contribution is 2.44. The molecule has 2 aromatic carbocycles. The lowest BCUT2D eigenvalue weighted by atomic mass is 9.68. The fourth-order valence-corrected chi connectivity index (χ4v) is 6.30. The third kappa shape index (κ3) is 4.93. The van der Waals surface area contributed by atoms with Gasteiger partial charge in [-0.15, -0.1) is 5.10 Å². The van der Waals surface area contributed by atoms with Gasteiger partial charge in [-0.2, -0.15) is 0 Å². The summed E-state index contributed by atoms with van der Waals surface area (Å²) in [6, 6.07) is 11.0. The maximum atomic E-state index is 13.0. The molecule has 0 saturated heterocycles. The van der Waals surface area contributed by atoms with Gasteiger partial charge in [0.15, 0.2) is 0 Å². The predicted octanol–water partition coefficient (Wildman–Crippen LogP) is 6.70. The number of carbonyl (C=O) groups is 1. The second-order valence-corrected chi connectivity index (χ2v) is 11.9. The van der Waals surface area contributed by atoms with Crippen LogP contribution >= 0.6 is 0 Å². The van der Waals surface area contributed by atoms with Gasteiger partial charge in [-0.1, -0.05) is 75.4 Å². The molecule has 2 aromatic heterocycles. The first-order valence-electron chi connectivity index (χ1n) is 14.1. The standard InChI is InChI=1S/C32H41N5O/c1-21-12-13-25(19-26(21)20-37-17-16-33-29(37)18-24-10-8-7-9-11-24)30(32(4,5)23(3)38)27-14-15-28-31(22(27)2)34-35-36(28)6/h12-17,19,24,30H,7-11,18,20H2,1-6H3. The van der Waals surface area contributed by atoms with Crippen LogP contribution in [0.2, 0.25) is 0 Å². The summed E-state index contributed by atoms with van der Waals surface area (Å²) in [4.78, 5) is 17.8. The Bertz CT molecular complexity index is 1450. The van der Waals surface area contributed by atoms with E-state index in [-0.39, 0.29) is 11.7 Å². The highest BCUT2D eigenvalue weighted by molar-refractivity contribution is 5.85. The maximum Gasteiger partial charge on any atom is 0.136 e. The van der Waals surface area contributed by atoms with Crippen LogP contribution in [-0.2, 0) is 24.8 Å². The Labute approximate surface area is 226 Å². The number of imidazole rings is 1. The molecular formula is C32H41N5O. The molecule has 5 rings (SSSR count). The number of rotatable bonds is 8. The molecule has 38 heavy (non-hydrogen) atoms. The highest BCUT2D eigenvalue weighted by Gasteiger charge is 2.38. The number of aromatic nitrogens is 5. The number of nitrogens with zero attached hydrogens (tertiary/aromatic N) is 5. The van der Waals surface area contributed by atoms with Crippen LogP contribution in [0.15, 0.2) is 42.7 Å². The van der Waals surface area contributed by atoms with Gasteiger partial charge < -0.3 is 4.57 Å². The lowest BCUT2D eigenvalue weighted by Crippen LogP contribution is -2.31. The molecule has 0 radical (unpaired) electrons. The molecule has 1 unspecified atom stereocenters. The highest BCUT2D eigenvalue weighted by atomic mass is 16.1. The number of hydrogen-bond acceptors (Lipinski definition) is 4. The zero-order valence-corrected chi connectivity index (χ0v) is 23.8. The molecule has 0 N–H and O–H groups in total. The summed E-state index contributed by atoms with van der Waals surface area (Å²) in [5.41, 5.74) is 7.21. The fraction of sp³-hybridized carbons (Fsp3) is 0.500. The first-order valence-corrected chi connectivity index (χ1v) is 14.1. The van der Waals surface area contributed by atoms with Gasteiger partial charge in [0, 0.05) is 43.7 Å². The van der Waals surface area contributed by atoms with Gasteiger partial charge in [-0.3, -0.25) is 4.79 Å². The molecule has 6 heteroatoms.